The van der Waals surface area contributed by atoms with Crippen LogP contribution in [0.5, 0.6) is 0 Å². The van der Waals surface area contributed by atoms with E-state index in [9.17, 15) is 19.2 Å². The summed E-state index contributed by atoms with van der Waals surface area (Å²) in [6.45, 7) is 2.92. The highest BCUT2D eigenvalue weighted by Crippen LogP contribution is 2.23. The van der Waals surface area contributed by atoms with Crippen molar-refractivity contribution in [3.63, 3.8) is 0 Å². The zero-order chi connectivity index (χ0) is 24.5. The van der Waals surface area contributed by atoms with Gasteiger partial charge in [0.1, 0.15) is 6.04 Å². The molecule has 10 heteroatoms. The van der Waals surface area contributed by atoms with Gasteiger partial charge in [-0.15, -0.1) is 0 Å². The minimum atomic E-state index is -0.772. The Morgan fingerprint density at radius 3 is 2.71 bits per heavy atom. The Bertz CT molecular complexity index is 903. The van der Waals surface area contributed by atoms with Gasteiger partial charge in [-0.05, 0) is 37.5 Å². The molecule has 0 aromatic heterocycles. The number of benzene rings is 1. The number of halogens is 1. The fourth-order valence-electron chi connectivity index (χ4n) is 4.28. The van der Waals surface area contributed by atoms with Crippen LogP contribution in [0.15, 0.2) is 18.2 Å². The summed E-state index contributed by atoms with van der Waals surface area (Å²) in [6, 6.07) is 4.13. The highest BCUT2D eigenvalue weighted by molar-refractivity contribution is 6.34. The molecule has 3 amide bonds. The molecule has 9 nitrogen and oxygen atoms in total. The van der Waals surface area contributed by atoms with Crippen LogP contribution in [0.2, 0.25) is 5.02 Å². The second-order valence-corrected chi connectivity index (χ2v) is 9.16. The third kappa shape index (κ3) is 7.43. The number of anilines is 1. The number of hydrogen-bond donors (Lipinski definition) is 3. The molecule has 3 N–H and O–H groups in total. The third-order valence-corrected chi connectivity index (χ3v) is 6.38. The Morgan fingerprint density at radius 2 is 1.97 bits per heavy atom. The van der Waals surface area contributed by atoms with Crippen molar-refractivity contribution in [3.8, 4) is 0 Å². The van der Waals surface area contributed by atoms with E-state index >= 15 is 0 Å². The zero-order valence-electron chi connectivity index (χ0n) is 19.5. The van der Waals surface area contributed by atoms with E-state index in [4.69, 9.17) is 16.3 Å². The molecule has 0 spiro atoms. The lowest BCUT2D eigenvalue weighted by molar-refractivity contribution is -0.148. The first kappa shape index (κ1) is 26.0. The lowest BCUT2D eigenvalue weighted by Gasteiger charge is -2.33. The number of piperazine rings is 1. The predicted octanol–water partition coefficient (Wildman–Crippen LogP) is 2.48. The molecule has 34 heavy (non-hydrogen) atoms. The normalized spacial score (nSPS) is 19.2. The maximum absolute atomic E-state index is 12.7. The van der Waals surface area contributed by atoms with E-state index in [1.165, 1.54) is 6.42 Å². The van der Waals surface area contributed by atoms with Crippen molar-refractivity contribution in [2.75, 3.05) is 31.6 Å². The largest absolute Gasteiger partial charge is 0.466 e. The van der Waals surface area contributed by atoms with E-state index in [0.29, 0.717) is 42.4 Å². The number of nitrogens with one attached hydrogen (secondary N) is 3. The standard InChI is InChI=1S/C24H33ClN4O5/c1-2-12-34-22(31)14-20-24(33)26-10-11-29(20)15-21(30)27-17-8-9-19(25)18(13-17)23(32)28-16-6-4-3-5-7-16/h8-9,13,16,20H,2-7,10-12,14-15H2,1H3,(H,26,33)(H,27,30)(H,28,32). The van der Waals surface area contributed by atoms with Crippen LogP contribution in [0, 0.1) is 0 Å². The average Bonchev–Trinajstić information content (AvgIpc) is 2.81. The lowest BCUT2D eigenvalue weighted by Crippen LogP contribution is -2.57. The zero-order valence-corrected chi connectivity index (χ0v) is 20.3. The summed E-state index contributed by atoms with van der Waals surface area (Å²) in [4.78, 5) is 51.5. The van der Waals surface area contributed by atoms with Crippen molar-refractivity contribution in [3.05, 3.63) is 28.8 Å². The van der Waals surface area contributed by atoms with Crippen molar-refractivity contribution in [2.24, 2.45) is 0 Å². The lowest BCUT2D eigenvalue weighted by atomic mass is 9.95. The first-order chi connectivity index (χ1) is 16.4. The van der Waals surface area contributed by atoms with Crippen LogP contribution in [-0.4, -0.2) is 66.9 Å². The Kier molecular flexibility index (Phi) is 9.71. The van der Waals surface area contributed by atoms with Crippen LogP contribution >= 0.6 is 11.6 Å². The van der Waals surface area contributed by atoms with E-state index in [1.807, 2.05) is 6.92 Å². The van der Waals surface area contributed by atoms with E-state index in [1.54, 1.807) is 23.1 Å². The van der Waals surface area contributed by atoms with Gasteiger partial charge in [0.2, 0.25) is 11.8 Å². The van der Waals surface area contributed by atoms with Gasteiger partial charge in [-0.25, -0.2) is 0 Å². The summed E-state index contributed by atoms with van der Waals surface area (Å²) in [5.41, 5.74) is 0.738. The van der Waals surface area contributed by atoms with Gasteiger partial charge in [-0.2, -0.15) is 0 Å². The third-order valence-electron chi connectivity index (χ3n) is 6.05. The molecular formula is C24H33ClN4O5. The molecule has 1 heterocycles. The maximum Gasteiger partial charge on any atom is 0.307 e. The molecule has 1 saturated heterocycles. The summed E-state index contributed by atoms with van der Waals surface area (Å²) >= 11 is 6.25. The van der Waals surface area contributed by atoms with Crippen molar-refractivity contribution >= 4 is 41.0 Å². The number of ether oxygens (including phenoxy) is 1. The summed E-state index contributed by atoms with van der Waals surface area (Å²) in [6.07, 6.45) is 5.87. The number of carbonyl (C=O) groups excluding carboxylic acids is 4. The molecule has 3 rings (SSSR count). The molecule has 1 saturated carbocycles. The van der Waals surface area contributed by atoms with Gasteiger partial charge in [0, 0.05) is 24.8 Å². The number of carbonyl (C=O) groups is 4. The predicted molar refractivity (Wildman–Crippen MR) is 129 cm³/mol. The fraction of sp³-hybridized carbons (Fsp3) is 0.583. The Balaban J connectivity index is 1.60. The molecule has 1 unspecified atom stereocenters. The van der Waals surface area contributed by atoms with Gasteiger partial charge < -0.3 is 20.7 Å². The van der Waals surface area contributed by atoms with Gasteiger partial charge in [0.05, 0.1) is 30.2 Å². The van der Waals surface area contributed by atoms with Crippen LogP contribution in [0.3, 0.4) is 0 Å². The molecule has 0 radical (unpaired) electrons. The quantitative estimate of drug-likeness (QED) is 0.456. The Morgan fingerprint density at radius 1 is 1.21 bits per heavy atom. The Labute approximate surface area is 204 Å². The average molecular weight is 493 g/mol. The monoisotopic (exact) mass is 492 g/mol. The first-order valence-electron chi connectivity index (χ1n) is 11.9. The topological polar surface area (TPSA) is 117 Å². The number of hydrogen-bond acceptors (Lipinski definition) is 6. The van der Waals surface area contributed by atoms with Crippen LogP contribution < -0.4 is 16.0 Å². The minimum absolute atomic E-state index is 0.0780. The summed E-state index contributed by atoms with van der Waals surface area (Å²) < 4.78 is 5.10. The molecule has 2 aliphatic rings. The first-order valence-corrected chi connectivity index (χ1v) is 12.3. The second kappa shape index (κ2) is 12.7. The van der Waals surface area contributed by atoms with E-state index < -0.39 is 12.0 Å². The molecule has 186 valence electrons. The SMILES string of the molecule is CCCOC(=O)CC1C(=O)NCCN1CC(=O)Nc1ccc(Cl)c(C(=O)NC2CCCCC2)c1. The van der Waals surface area contributed by atoms with Crippen molar-refractivity contribution in [1.82, 2.24) is 15.5 Å². The molecule has 0 bridgehead atoms. The van der Waals surface area contributed by atoms with Gasteiger partial charge in [-0.1, -0.05) is 37.8 Å². The van der Waals surface area contributed by atoms with Crippen LogP contribution in [-0.2, 0) is 19.1 Å². The smallest absolute Gasteiger partial charge is 0.307 e. The number of rotatable bonds is 9. The van der Waals surface area contributed by atoms with Crippen molar-refractivity contribution in [1.29, 1.82) is 0 Å². The van der Waals surface area contributed by atoms with Crippen LogP contribution in [0.4, 0.5) is 5.69 Å². The number of amides is 3. The maximum atomic E-state index is 12.7. The Hall–Kier alpha value is -2.65. The molecule has 1 atom stereocenters. The second-order valence-electron chi connectivity index (χ2n) is 8.75. The highest BCUT2D eigenvalue weighted by atomic mass is 35.5. The molecular weight excluding hydrogens is 460 g/mol. The molecule has 1 aliphatic heterocycles. The van der Waals surface area contributed by atoms with Crippen molar-refractivity contribution < 1.29 is 23.9 Å². The van der Waals surface area contributed by atoms with Gasteiger partial charge in [-0.3, -0.25) is 24.1 Å². The molecule has 1 aromatic carbocycles. The van der Waals surface area contributed by atoms with Gasteiger partial charge in [0.25, 0.3) is 5.91 Å². The van der Waals surface area contributed by atoms with Crippen molar-refractivity contribution in [2.45, 2.75) is 64.0 Å². The van der Waals surface area contributed by atoms with Gasteiger partial charge >= 0.3 is 5.97 Å². The van der Waals surface area contributed by atoms with Crippen LogP contribution in [0.25, 0.3) is 0 Å². The number of esters is 1. The number of nitrogens with zero attached hydrogens (tertiary/aromatic N) is 1. The summed E-state index contributed by atoms with van der Waals surface area (Å²) in [5.74, 6) is -1.39. The minimum Gasteiger partial charge on any atom is -0.466 e. The van der Waals surface area contributed by atoms with Crippen LogP contribution in [0.1, 0.15) is 62.2 Å². The fourth-order valence-corrected chi connectivity index (χ4v) is 4.48. The summed E-state index contributed by atoms with van der Waals surface area (Å²) in [7, 11) is 0. The highest BCUT2D eigenvalue weighted by Gasteiger charge is 2.33. The van der Waals surface area contributed by atoms with E-state index in [2.05, 4.69) is 16.0 Å². The molecule has 1 aliphatic carbocycles. The van der Waals surface area contributed by atoms with E-state index in [-0.39, 0.29) is 36.7 Å². The van der Waals surface area contributed by atoms with E-state index in [0.717, 1.165) is 25.7 Å². The molecule has 1 aromatic rings. The molecule has 2 fully saturated rings. The van der Waals surface area contributed by atoms with Gasteiger partial charge in [0.15, 0.2) is 0 Å². The summed E-state index contributed by atoms with van der Waals surface area (Å²) in [5, 5.41) is 8.84.